The first kappa shape index (κ1) is 18.8. The van der Waals surface area contributed by atoms with Crippen LogP contribution in [0.25, 0.3) is 0 Å². The van der Waals surface area contributed by atoms with Crippen LogP contribution in [0, 0.1) is 0 Å². The minimum atomic E-state index is -3.38. The minimum absolute atomic E-state index is 0.306. The molecular formula is C13H30N4O3S. The molecule has 21 heavy (non-hydrogen) atoms. The average molecular weight is 322 g/mol. The number of likely N-dealkylation sites (N-methyl/N-ethyl adjacent to an activating group) is 1. The van der Waals surface area contributed by atoms with Crippen LogP contribution in [0.5, 0.6) is 0 Å². The number of hydrogen-bond acceptors (Lipinski definition) is 5. The van der Waals surface area contributed by atoms with Crippen LogP contribution in [-0.2, 0) is 14.9 Å². The molecule has 0 radical (unpaired) electrons. The van der Waals surface area contributed by atoms with Crippen molar-refractivity contribution >= 4 is 10.2 Å². The molecule has 0 unspecified atom stereocenters. The molecule has 0 aromatic rings. The van der Waals surface area contributed by atoms with Crippen molar-refractivity contribution in [3.8, 4) is 0 Å². The highest BCUT2D eigenvalue weighted by Crippen LogP contribution is 2.18. The monoisotopic (exact) mass is 322 g/mol. The van der Waals surface area contributed by atoms with Gasteiger partial charge in [0, 0.05) is 32.7 Å². The van der Waals surface area contributed by atoms with Gasteiger partial charge in [0.05, 0.1) is 13.2 Å². The first-order chi connectivity index (χ1) is 9.92. The summed E-state index contributed by atoms with van der Waals surface area (Å²) in [6, 6.07) is 0.671. The van der Waals surface area contributed by atoms with E-state index in [2.05, 4.69) is 10.0 Å². The summed E-state index contributed by atoms with van der Waals surface area (Å²) in [5.74, 6) is 0. The van der Waals surface area contributed by atoms with Crippen molar-refractivity contribution in [2.75, 3.05) is 60.5 Å². The van der Waals surface area contributed by atoms with Gasteiger partial charge in [0.2, 0.25) is 0 Å². The smallest absolute Gasteiger partial charge is 0.279 e. The first-order valence-corrected chi connectivity index (χ1v) is 9.02. The predicted octanol–water partition coefficient (Wildman–Crippen LogP) is -0.527. The zero-order valence-corrected chi connectivity index (χ0v) is 14.3. The molecule has 126 valence electrons. The maximum atomic E-state index is 11.9. The summed E-state index contributed by atoms with van der Waals surface area (Å²) in [6.07, 6.45) is 3.33. The summed E-state index contributed by atoms with van der Waals surface area (Å²) in [5.41, 5.74) is 0. The molecule has 1 fully saturated rings. The van der Waals surface area contributed by atoms with Gasteiger partial charge in [0.1, 0.15) is 0 Å². The molecule has 1 aliphatic rings. The molecule has 7 nitrogen and oxygen atoms in total. The zero-order valence-electron chi connectivity index (χ0n) is 13.5. The van der Waals surface area contributed by atoms with Crippen molar-refractivity contribution in [2.24, 2.45) is 0 Å². The van der Waals surface area contributed by atoms with Gasteiger partial charge in [0.25, 0.3) is 10.2 Å². The second-order valence-electron chi connectivity index (χ2n) is 5.72. The third-order valence-corrected chi connectivity index (χ3v) is 4.86. The fourth-order valence-corrected chi connectivity index (χ4v) is 2.65. The van der Waals surface area contributed by atoms with E-state index in [1.54, 1.807) is 7.05 Å². The number of ether oxygens (including phenoxy) is 1. The molecule has 0 spiro atoms. The molecule has 0 aromatic carbocycles. The molecule has 0 heterocycles. The molecule has 8 heteroatoms. The zero-order chi connectivity index (χ0) is 15.7. The molecule has 1 rings (SSSR count). The van der Waals surface area contributed by atoms with Crippen molar-refractivity contribution in [1.82, 2.24) is 19.2 Å². The molecule has 2 N–H and O–H groups in total. The summed E-state index contributed by atoms with van der Waals surface area (Å²) < 4.78 is 33.1. The largest absolute Gasteiger partial charge is 0.379 e. The Morgan fingerprint density at radius 3 is 2.43 bits per heavy atom. The van der Waals surface area contributed by atoms with E-state index in [0.29, 0.717) is 32.3 Å². The Labute approximate surface area is 129 Å². The fraction of sp³-hybridized carbons (Fsp3) is 1.00. The van der Waals surface area contributed by atoms with Crippen LogP contribution in [0.3, 0.4) is 0 Å². The van der Waals surface area contributed by atoms with Gasteiger partial charge in [-0.1, -0.05) is 0 Å². The van der Waals surface area contributed by atoms with E-state index in [1.807, 2.05) is 19.0 Å². The van der Waals surface area contributed by atoms with E-state index in [4.69, 9.17) is 4.74 Å². The van der Waals surface area contributed by atoms with Crippen molar-refractivity contribution in [3.05, 3.63) is 0 Å². The highest BCUT2D eigenvalue weighted by atomic mass is 32.2. The molecule has 0 amide bonds. The normalized spacial score (nSPS) is 16.0. The second-order valence-corrected chi connectivity index (χ2v) is 7.58. The van der Waals surface area contributed by atoms with Gasteiger partial charge in [-0.15, -0.1) is 0 Å². The summed E-state index contributed by atoms with van der Waals surface area (Å²) in [7, 11) is 2.16. The van der Waals surface area contributed by atoms with Crippen molar-refractivity contribution < 1.29 is 13.2 Å². The summed E-state index contributed by atoms with van der Waals surface area (Å²) in [6.45, 7) is 3.54. The number of nitrogens with one attached hydrogen (secondary N) is 2. The second kappa shape index (κ2) is 9.70. The number of rotatable bonds is 13. The van der Waals surface area contributed by atoms with E-state index >= 15 is 0 Å². The van der Waals surface area contributed by atoms with E-state index < -0.39 is 10.2 Å². The Hall–Kier alpha value is -0.250. The van der Waals surface area contributed by atoms with Gasteiger partial charge in [-0.05, 0) is 39.9 Å². The Balaban J connectivity index is 2.04. The topological polar surface area (TPSA) is 73.9 Å². The van der Waals surface area contributed by atoms with Gasteiger partial charge >= 0.3 is 0 Å². The Morgan fingerprint density at radius 1 is 1.10 bits per heavy atom. The molecule has 0 bridgehead atoms. The van der Waals surface area contributed by atoms with Crippen LogP contribution < -0.4 is 10.0 Å². The lowest BCUT2D eigenvalue weighted by atomic mass is 10.4. The molecule has 1 saturated carbocycles. The maximum absolute atomic E-state index is 11.9. The van der Waals surface area contributed by atoms with E-state index in [0.717, 1.165) is 19.5 Å². The Kier molecular flexibility index (Phi) is 8.69. The third-order valence-electron chi connectivity index (χ3n) is 3.28. The molecule has 0 aliphatic heterocycles. The minimum Gasteiger partial charge on any atom is -0.379 e. The van der Waals surface area contributed by atoms with Crippen LogP contribution >= 0.6 is 0 Å². The predicted molar refractivity (Wildman–Crippen MR) is 84.6 cm³/mol. The maximum Gasteiger partial charge on any atom is 0.279 e. The summed E-state index contributed by atoms with van der Waals surface area (Å²) in [5, 5.41) is 3.37. The van der Waals surface area contributed by atoms with Gasteiger partial charge in [-0.3, -0.25) is 0 Å². The highest BCUT2D eigenvalue weighted by molar-refractivity contribution is 7.87. The standard InChI is InChI=1S/C13H30N4O3S/c1-16(2)10-12-20-11-8-15-21(18,19)17(3)9-4-7-14-13-5-6-13/h13-15H,4-12H2,1-3H3. The SMILES string of the molecule is CN(C)CCOCCNS(=O)(=O)N(C)CCCNC1CC1. The van der Waals surface area contributed by atoms with Gasteiger partial charge in [-0.2, -0.15) is 17.4 Å². The van der Waals surface area contributed by atoms with Gasteiger partial charge in [-0.25, -0.2) is 0 Å². The van der Waals surface area contributed by atoms with E-state index in [1.165, 1.54) is 17.1 Å². The first-order valence-electron chi connectivity index (χ1n) is 7.58. The lowest BCUT2D eigenvalue weighted by Gasteiger charge is -2.18. The summed E-state index contributed by atoms with van der Waals surface area (Å²) in [4.78, 5) is 2.02. The van der Waals surface area contributed by atoms with Crippen LogP contribution in [0.1, 0.15) is 19.3 Å². The Morgan fingerprint density at radius 2 is 1.81 bits per heavy atom. The molecule has 1 aliphatic carbocycles. The van der Waals surface area contributed by atoms with Crippen molar-refractivity contribution in [2.45, 2.75) is 25.3 Å². The number of hydrogen-bond donors (Lipinski definition) is 2. The quantitative estimate of drug-likeness (QED) is 0.446. The fourth-order valence-electron chi connectivity index (χ4n) is 1.72. The van der Waals surface area contributed by atoms with Crippen molar-refractivity contribution in [3.63, 3.8) is 0 Å². The van der Waals surface area contributed by atoms with E-state index in [-0.39, 0.29) is 0 Å². The van der Waals surface area contributed by atoms with Gasteiger partial charge in [0.15, 0.2) is 0 Å². The lowest BCUT2D eigenvalue weighted by Crippen LogP contribution is -2.40. The van der Waals surface area contributed by atoms with Crippen LogP contribution in [0.2, 0.25) is 0 Å². The molecule has 0 aromatic heterocycles. The lowest BCUT2D eigenvalue weighted by molar-refractivity contribution is 0.122. The van der Waals surface area contributed by atoms with Gasteiger partial charge < -0.3 is 15.0 Å². The van der Waals surface area contributed by atoms with Crippen LogP contribution in [0.4, 0.5) is 0 Å². The third kappa shape index (κ3) is 9.38. The van der Waals surface area contributed by atoms with Crippen LogP contribution in [0.15, 0.2) is 0 Å². The molecular weight excluding hydrogens is 292 g/mol. The Bertz CT molecular complexity index is 372. The molecule has 0 atom stereocenters. The average Bonchev–Trinajstić information content (AvgIpc) is 3.22. The highest BCUT2D eigenvalue weighted by Gasteiger charge is 2.20. The van der Waals surface area contributed by atoms with Crippen LogP contribution in [-0.4, -0.2) is 84.2 Å². The van der Waals surface area contributed by atoms with Crippen molar-refractivity contribution in [1.29, 1.82) is 0 Å². The summed E-state index contributed by atoms with van der Waals surface area (Å²) >= 11 is 0. The van der Waals surface area contributed by atoms with E-state index in [9.17, 15) is 8.42 Å². The number of nitrogens with zero attached hydrogens (tertiary/aromatic N) is 2. The molecule has 0 saturated heterocycles.